The van der Waals surface area contributed by atoms with Crippen molar-refractivity contribution in [1.29, 1.82) is 0 Å². The van der Waals surface area contributed by atoms with Crippen LogP contribution in [-0.2, 0) is 14.3 Å². The van der Waals surface area contributed by atoms with Gasteiger partial charge in [-0.3, -0.25) is 4.90 Å². The van der Waals surface area contributed by atoms with Gasteiger partial charge in [-0.2, -0.15) is 0 Å². The fourth-order valence-corrected chi connectivity index (χ4v) is 2.20. The van der Waals surface area contributed by atoms with Crippen LogP contribution in [0.15, 0.2) is 12.7 Å². The van der Waals surface area contributed by atoms with Crippen molar-refractivity contribution in [2.45, 2.75) is 50.9 Å². The molecule has 2 atom stereocenters. The Kier molecular flexibility index (Phi) is 4.78. The number of carbonyl (C=O) groups excluding carboxylic acids is 2. The van der Waals surface area contributed by atoms with E-state index in [2.05, 4.69) is 11.3 Å². The van der Waals surface area contributed by atoms with E-state index in [-0.39, 0.29) is 19.4 Å². The van der Waals surface area contributed by atoms with Gasteiger partial charge in [-0.15, -0.1) is 6.58 Å². The minimum atomic E-state index is -1.67. The van der Waals surface area contributed by atoms with Crippen molar-refractivity contribution < 1.29 is 23.5 Å². The van der Waals surface area contributed by atoms with Crippen molar-refractivity contribution in [3.8, 4) is 0 Å². The standard InChI is InChI=1S/C14H22FNO4/c1-6-7-14(15)8-10(11(17)19-5)16(9-14)12(18)20-13(2,3)4/h6,10H,1,7-9H2,2-5H3. The second kappa shape index (κ2) is 5.81. The Morgan fingerprint density at radius 2 is 2.10 bits per heavy atom. The highest BCUT2D eigenvalue weighted by Crippen LogP contribution is 2.35. The molecular formula is C14H22FNO4. The summed E-state index contributed by atoms with van der Waals surface area (Å²) in [7, 11) is 1.21. The highest BCUT2D eigenvalue weighted by atomic mass is 19.1. The molecule has 6 heteroatoms. The summed E-state index contributed by atoms with van der Waals surface area (Å²) in [6, 6.07) is -0.959. The van der Waals surface area contributed by atoms with Gasteiger partial charge in [-0.05, 0) is 20.8 Å². The van der Waals surface area contributed by atoms with Gasteiger partial charge < -0.3 is 9.47 Å². The fourth-order valence-electron chi connectivity index (χ4n) is 2.20. The van der Waals surface area contributed by atoms with E-state index in [1.807, 2.05) is 0 Å². The maximum atomic E-state index is 14.6. The topological polar surface area (TPSA) is 55.8 Å². The molecule has 1 amide bonds. The van der Waals surface area contributed by atoms with Gasteiger partial charge in [0.05, 0.1) is 13.7 Å². The molecule has 0 aromatic carbocycles. The Morgan fingerprint density at radius 1 is 1.50 bits per heavy atom. The average molecular weight is 287 g/mol. The van der Waals surface area contributed by atoms with Gasteiger partial charge in [0.1, 0.15) is 17.3 Å². The summed E-state index contributed by atoms with van der Waals surface area (Å²) in [6.07, 6.45) is 0.689. The van der Waals surface area contributed by atoms with E-state index < -0.39 is 29.4 Å². The van der Waals surface area contributed by atoms with E-state index in [4.69, 9.17) is 4.74 Å². The van der Waals surface area contributed by atoms with Gasteiger partial charge in [-0.25, -0.2) is 14.0 Å². The van der Waals surface area contributed by atoms with E-state index in [1.165, 1.54) is 13.2 Å². The molecule has 0 N–H and O–H groups in total. The number of carbonyl (C=O) groups is 2. The minimum Gasteiger partial charge on any atom is -0.467 e. The molecule has 0 spiro atoms. The molecule has 1 aliphatic heterocycles. The van der Waals surface area contributed by atoms with Crippen molar-refractivity contribution in [2.75, 3.05) is 13.7 Å². The Balaban J connectivity index is 2.92. The maximum Gasteiger partial charge on any atom is 0.411 e. The summed E-state index contributed by atoms with van der Waals surface area (Å²) in [6.45, 7) is 8.42. The lowest BCUT2D eigenvalue weighted by molar-refractivity contribution is -0.145. The maximum absolute atomic E-state index is 14.6. The van der Waals surface area contributed by atoms with Gasteiger partial charge in [0, 0.05) is 12.8 Å². The highest BCUT2D eigenvalue weighted by molar-refractivity contribution is 5.82. The van der Waals surface area contributed by atoms with E-state index in [0.29, 0.717) is 0 Å². The van der Waals surface area contributed by atoms with Crippen LogP contribution in [0.3, 0.4) is 0 Å². The van der Waals surface area contributed by atoms with Crippen LogP contribution in [0.5, 0.6) is 0 Å². The first kappa shape index (κ1) is 16.5. The molecular weight excluding hydrogens is 265 g/mol. The van der Waals surface area contributed by atoms with E-state index in [1.54, 1.807) is 20.8 Å². The van der Waals surface area contributed by atoms with Crippen LogP contribution in [0.25, 0.3) is 0 Å². The number of halogens is 1. The summed E-state index contributed by atoms with van der Waals surface area (Å²) in [5.74, 6) is -0.639. The third-order valence-corrected chi connectivity index (χ3v) is 3.00. The first-order valence-electron chi connectivity index (χ1n) is 6.49. The molecule has 20 heavy (non-hydrogen) atoms. The number of hydrogen-bond donors (Lipinski definition) is 0. The molecule has 1 fully saturated rings. The Hall–Kier alpha value is -1.59. The molecule has 114 valence electrons. The molecule has 1 heterocycles. The molecule has 0 saturated carbocycles. The number of alkyl halides is 1. The summed E-state index contributed by atoms with van der Waals surface area (Å²) in [4.78, 5) is 24.9. The molecule has 0 aliphatic carbocycles. The van der Waals surface area contributed by atoms with Crippen molar-refractivity contribution in [2.24, 2.45) is 0 Å². The number of ether oxygens (including phenoxy) is 2. The molecule has 1 aliphatic rings. The third-order valence-electron chi connectivity index (χ3n) is 3.00. The van der Waals surface area contributed by atoms with Gasteiger partial charge in [0.25, 0.3) is 0 Å². The van der Waals surface area contributed by atoms with Gasteiger partial charge >= 0.3 is 12.1 Å². The van der Waals surface area contributed by atoms with E-state index >= 15 is 0 Å². The van der Waals surface area contributed by atoms with Crippen LogP contribution < -0.4 is 0 Å². The minimum absolute atomic E-state index is 0.0692. The Morgan fingerprint density at radius 3 is 2.55 bits per heavy atom. The lowest BCUT2D eigenvalue weighted by Crippen LogP contribution is -2.44. The molecule has 1 rings (SSSR count). The first-order valence-corrected chi connectivity index (χ1v) is 6.49. The fraction of sp³-hybridized carbons (Fsp3) is 0.714. The van der Waals surface area contributed by atoms with E-state index in [0.717, 1.165) is 4.90 Å². The van der Waals surface area contributed by atoms with Crippen LogP contribution >= 0.6 is 0 Å². The molecule has 0 aromatic heterocycles. The lowest BCUT2D eigenvalue weighted by atomic mass is 9.98. The SMILES string of the molecule is C=CCC1(F)CC(C(=O)OC)N(C(=O)OC(C)(C)C)C1. The number of amides is 1. The number of rotatable bonds is 3. The van der Waals surface area contributed by atoms with E-state index in [9.17, 15) is 14.0 Å². The number of esters is 1. The smallest absolute Gasteiger partial charge is 0.411 e. The third kappa shape index (κ3) is 3.95. The molecule has 2 unspecified atom stereocenters. The Bertz CT molecular complexity index is 404. The second-order valence-corrected chi connectivity index (χ2v) is 6.00. The van der Waals surface area contributed by atoms with Gasteiger partial charge in [-0.1, -0.05) is 6.08 Å². The molecule has 5 nitrogen and oxygen atoms in total. The summed E-state index contributed by atoms with van der Waals surface area (Å²) >= 11 is 0. The first-order chi connectivity index (χ1) is 9.12. The predicted molar refractivity (Wildman–Crippen MR) is 72.0 cm³/mol. The van der Waals surface area contributed by atoms with Gasteiger partial charge in [0.15, 0.2) is 0 Å². The number of allylic oxidation sites excluding steroid dienone is 1. The molecule has 0 bridgehead atoms. The predicted octanol–water partition coefficient (Wildman–Crippen LogP) is 2.45. The average Bonchev–Trinajstić information content (AvgIpc) is 2.65. The van der Waals surface area contributed by atoms with Crippen LogP contribution in [-0.4, -0.2) is 47.9 Å². The second-order valence-electron chi connectivity index (χ2n) is 6.00. The summed E-state index contributed by atoms with van der Waals surface area (Å²) in [5, 5.41) is 0. The van der Waals surface area contributed by atoms with Gasteiger partial charge in [0.2, 0.25) is 0 Å². The quantitative estimate of drug-likeness (QED) is 0.591. The normalized spacial score (nSPS) is 26.2. The lowest BCUT2D eigenvalue weighted by Gasteiger charge is -2.27. The summed E-state index contributed by atoms with van der Waals surface area (Å²) in [5.41, 5.74) is -2.38. The van der Waals surface area contributed by atoms with Crippen LogP contribution in [0, 0.1) is 0 Å². The zero-order chi connectivity index (χ0) is 15.6. The number of hydrogen-bond acceptors (Lipinski definition) is 4. The zero-order valence-corrected chi connectivity index (χ0v) is 12.4. The summed E-state index contributed by atoms with van der Waals surface area (Å²) < 4.78 is 24.4. The number of methoxy groups -OCH3 is 1. The number of likely N-dealkylation sites (tertiary alicyclic amines) is 1. The highest BCUT2D eigenvalue weighted by Gasteiger charge is 2.50. The van der Waals surface area contributed by atoms with Crippen LogP contribution in [0.2, 0.25) is 0 Å². The monoisotopic (exact) mass is 287 g/mol. The van der Waals surface area contributed by atoms with Crippen molar-refractivity contribution in [3.05, 3.63) is 12.7 Å². The molecule has 1 saturated heterocycles. The molecule has 0 radical (unpaired) electrons. The van der Waals surface area contributed by atoms with Crippen LogP contribution in [0.4, 0.5) is 9.18 Å². The van der Waals surface area contributed by atoms with Crippen LogP contribution in [0.1, 0.15) is 33.6 Å². The Labute approximate surface area is 118 Å². The van der Waals surface area contributed by atoms with Crippen molar-refractivity contribution in [3.63, 3.8) is 0 Å². The number of nitrogens with zero attached hydrogens (tertiary/aromatic N) is 1. The molecule has 0 aromatic rings. The van der Waals surface area contributed by atoms with Crippen molar-refractivity contribution in [1.82, 2.24) is 4.90 Å². The van der Waals surface area contributed by atoms with Crippen molar-refractivity contribution >= 4 is 12.1 Å². The largest absolute Gasteiger partial charge is 0.467 e. The zero-order valence-electron chi connectivity index (χ0n) is 12.4.